The van der Waals surface area contributed by atoms with Crippen molar-refractivity contribution in [3.05, 3.63) is 22.6 Å². The van der Waals surface area contributed by atoms with Crippen LogP contribution in [0.3, 0.4) is 0 Å². The molecule has 1 N–H and O–H groups in total. The van der Waals surface area contributed by atoms with Crippen LogP contribution in [0.15, 0.2) is 17.1 Å². The highest BCUT2D eigenvalue weighted by Gasteiger charge is 2.12. The molecule has 0 spiro atoms. The minimum absolute atomic E-state index is 0.551. The lowest BCUT2D eigenvalue weighted by Crippen LogP contribution is -2.15. The summed E-state index contributed by atoms with van der Waals surface area (Å²) in [7, 11) is -4.29. The first-order valence-electron chi connectivity index (χ1n) is 3.07. The molecule has 0 radical (unpaired) electrons. The van der Waals surface area contributed by atoms with Gasteiger partial charge in [0.25, 0.3) is 5.56 Å². The smallest absolute Gasteiger partial charge is 0.341 e. The van der Waals surface area contributed by atoms with Crippen LogP contribution in [-0.4, -0.2) is 24.4 Å². The average Bonchev–Trinajstić information content (AvgIpc) is 2.03. The van der Waals surface area contributed by atoms with Crippen LogP contribution in [0.4, 0.5) is 4.39 Å². The first-order chi connectivity index (χ1) is 6.03. The van der Waals surface area contributed by atoms with Gasteiger partial charge in [0, 0.05) is 12.3 Å². The molecular weight excluding hydrogens is 203 g/mol. The summed E-state index contributed by atoms with van der Waals surface area (Å²) in [4.78, 5) is 15.9. The topological polar surface area (TPSA) is 89.1 Å². The van der Waals surface area contributed by atoms with E-state index in [9.17, 15) is 17.6 Å². The number of aromatic nitrogens is 2. The molecule has 0 saturated carbocycles. The van der Waals surface area contributed by atoms with Crippen LogP contribution in [0.2, 0.25) is 0 Å². The van der Waals surface area contributed by atoms with Crippen LogP contribution >= 0.6 is 0 Å². The van der Waals surface area contributed by atoms with Gasteiger partial charge < -0.3 is 4.18 Å². The van der Waals surface area contributed by atoms with Gasteiger partial charge in [0.05, 0.1) is 0 Å². The van der Waals surface area contributed by atoms with Gasteiger partial charge in [0.15, 0.2) is 0 Å². The number of aromatic amines is 1. The molecule has 1 aromatic rings. The monoisotopic (exact) mass is 208 g/mol. The third-order valence-corrected chi connectivity index (χ3v) is 1.67. The first-order valence-corrected chi connectivity index (χ1v) is 4.65. The van der Waals surface area contributed by atoms with Crippen molar-refractivity contribution in [3.63, 3.8) is 0 Å². The fourth-order valence-electron chi connectivity index (χ4n) is 0.537. The molecule has 6 nitrogen and oxygen atoms in total. The van der Waals surface area contributed by atoms with E-state index in [2.05, 4.69) is 9.17 Å². The number of halogens is 1. The maximum atomic E-state index is 11.7. The van der Waals surface area contributed by atoms with Gasteiger partial charge in [-0.2, -0.15) is 8.42 Å². The third-order valence-electron chi connectivity index (χ3n) is 0.987. The van der Waals surface area contributed by atoms with Crippen LogP contribution in [0, 0.1) is 0 Å². The molecule has 0 saturated heterocycles. The summed E-state index contributed by atoms with van der Waals surface area (Å²) in [5.74, 6) is 0. The molecule has 0 fully saturated rings. The minimum Gasteiger partial charge on any atom is -0.343 e. The second-order valence-corrected chi connectivity index (χ2v) is 3.49. The Kier molecular flexibility index (Phi) is 2.61. The maximum absolute atomic E-state index is 11.7. The minimum atomic E-state index is -4.29. The molecule has 0 atom stereocenters. The van der Waals surface area contributed by atoms with Crippen molar-refractivity contribution >= 4 is 10.1 Å². The Morgan fingerprint density at radius 3 is 2.85 bits per heavy atom. The summed E-state index contributed by atoms with van der Waals surface area (Å²) in [6, 6.07) is -1.16. The zero-order valence-electron chi connectivity index (χ0n) is 6.23. The van der Waals surface area contributed by atoms with E-state index < -0.39 is 27.7 Å². The Hall–Kier alpha value is -1.44. The lowest BCUT2D eigenvalue weighted by atomic mass is 10.7. The van der Waals surface area contributed by atoms with Crippen molar-refractivity contribution in [2.24, 2.45) is 0 Å². The standard InChI is InChI=1S/C5H5FN2O4S/c6-3-13(10,11)12-5-7-2-1-4(9)8-5/h1-2H,3H2,(H,7,8,9). The Morgan fingerprint density at radius 2 is 2.31 bits per heavy atom. The summed E-state index contributed by atoms with van der Waals surface area (Å²) < 4.78 is 36.8. The second-order valence-electron chi connectivity index (χ2n) is 1.99. The van der Waals surface area contributed by atoms with E-state index in [0.29, 0.717) is 0 Å². The molecule has 1 aromatic heterocycles. The van der Waals surface area contributed by atoms with Crippen molar-refractivity contribution in [3.8, 4) is 6.01 Å². The zero-order valence-corrected chi connectivity index (χ0v) is 7.04. The van der Waals surface area contributed by atoms with E-state index in [4.69, 9.17) is 0 Å². The number of nitrogens with one attached hydrogen (secondary N) is 1. The lowest BCUT2D eigenvalue weighted by Gasteiger charge is -1.99. The summed E-state index contributed by atoms with van der Waals surface area (Å²) in [6.45, 7) is 0. The highest BCUT2D eigenvalue weighted by atomic mass is 32.2. The van der Waals surface area contributed by atoms with Gasteiger partial charge in [-0.05, 0) is 0 Å². The molecule has 72 valence electrons. The Bertz CT molecular complexity index is 440. The number of hydrogen-bond donors (Lipinski definition) is 1. The predicted octanol–water partition coefficient (Wildman–Crippen LogP) is -0.594. The van der Waals surface area contributed by atoms with Gasteiger partial charge in [-0.1, -0.05) is 0 Å². The molecule has 0 bridgehead atoms. The number of alkyl halides is 1. The van der Waals surface area contributed by atoms with Crippen LogP contribution in [0.25, 0.3) is 0 Å². The van der Waals surface area contributed by atoms with Crippen molar-refractivity contribution in [1.29, 1.82) is 0 Å². The number of H-pyrrole nitrogens is 1. The molecule has 0 aliphatic heterocycles. The molecule has 0 aliphatic carbocycles. The normalized spacial score (nSPS) is 11.2. The molecule has 13 heavy (non-hydrogen) atoms. The van der Waals surface area contributed by atoms with Crippen LogP contribution in [0.1, 0.15) is 0 Å². The summed E-state index contributed by atoms with van der Waals surface area (Å²) >= 11 is 0. The quantitative estimate of drug-likeness (QED) is 0.670. The van der Waals surface area contributed by atoms with Gasteiger partial charge in [0.2, 0.25) is 6.01 Å². The molecule has 8 heteroatoms. The Morgan fingerprint density at radius 1 is 1.62 bits per heavy atom. The maximum Gasteiger partial charge on any atom is 0.341 e. The number of nitrogens with zero attached hydrogens (tertiary/aromatic N) is 1. The average molecular weight is 208 g/mol. The largest absolute Gasteiger partial charge is 0.343 e. The second kappa shape index (κ2) is 3.52. The lowest BCUT2D eigenvalue weighted by molar-refractivity contribution is 0.434. The van der Waals surface area contributed by atoms with E-state index in [1.54, 1.807) is 0 Å². The SMILES string of the molecule is O=c1ccnc(OS(=O)(=O)CF)[nH]1. The van der Waals surface area contributed by atoms with Crippen molar-refractivity contribution in [1.82, 2.24) is 9.97 Å². The molecular formula is C5H5FN2O4S. The fraction of sp³-hybridized carbons (Fsp3) is 0.200. The predicted molar refractivity (Wildman–Crippen MR) is 40.4 cm³/mol. The van der Waals surface area contributed by atoms with Crippen LogP contribution in [-0.2, 0) is 10.1 Å². The first kappa shape index (κ1) is 9.65. The third kappa shape index (κ3) is 2.82. The highest BCUT2D eigenvalue weighted by Crippen LogP contribution is 2.01. The molecule has 0 unspecified atom stereocenters. The number of rotatable bonds is 3. The highest BCUT2D eigenvalue weighted by molar-refractivity contribution is 7.86. The van der Waals surface area contributed by atoms with Gasteiger partial charge >= 0.3 is 16.1 Å². The summed E-state index contributed by atoms with van der Waals surface area (Å²) in [6.07, 6.45) is 1.04. The molecule has 0 amide bonds. The van der Waals surface area contributed by atoms with Gasteiger partial charge in [-0.15, -0.1) is 0 Å². The fourth-order valence-corrected chi connectivity index (χ4v) is 0.907. The Balaban J connectivity index is 2.94. The molecule has 1 heterocycles. The van der Waals surface area contributed by atoms with Crippen LogP contribution < -0.4 is 9.74 Å². The molecule has 0 aliphatic rings. The van der Waals surface area contributed by atoms with Crippen molar-refractivity contribution in [2.45, 2.75) is 0 Å². The van der Waals surface area contributed by atoms with E-state index in [1.165, 1.54) is 0 Å². The summed E-state index contributed by atoms with van der Waals surface area (Å²) in [5, 5.41) is 0. The van der Waals surface area contributed by atoms with E-state index in [0.717, 1.165) is 12.3 Å². The number of hydrogen-bond acceptors (Lipinski definition) is 5. The van der Waals surface area contributed by atoms with E-state index in [1.807, 2.05) is 4.98 Å². The van der Waals surface area contributed by atoms with Crippen molar-refractivity contribution in [2.75, 3.05) is 6.01 Å². The van der Waals surface area contributed by atoms with Gasteiger partial charge in [-0.25, -0.2) is 9.37 Å². The molecule has 1 rings (SSSR count). The Labute approximate surface area is 72.5 Å². The summed E-state index contributed by atoms with van der Waals surface area (Å²) in [5.41, 5.74) is -0.584. The van der Waals surface area contributed by atoms with Gasteiger partial charge in [-0.3, -0.25) is 9.78 Å². The van der Waals surface area contributed by atoms with E-state index in [-0.39, 0.29) is 0 Å². The van der Waals surface area contributed by atoms with Crippen LogP contribution in [0.5, 0.6) is 6.01 Å². The molecule has 0 aromatic carbocycles. The zero-order chi connectivity index (χ0) is 9.90. The van der Waals surface area contributed by atoms with Crippen molar-refractivity contribution < 1.29 is 17.0 Å². The van der Waals surface area contributed by atoms with Gasteiger partial charge in [0.1, 0.15) is 0 Å². The van der Waals surface area contributed by atoms with E-state index >= 15 is 0 Å².